The number of nitrogens with one attached hydrogen (secondary N) is 1. The van der Waals surface area contributed by atoms with Gasteiger partial charge in [-0.1, -0.05) is 48.5 Å². The zero-order valence-corrected chi connectivity index (χ0v) is 17.8. The first-order valence-corrected chi connectivity index (χ1v) is 11.1. The highest BCUT2D eigenvalue weighted by molar-refractivity contribution is 5.97. The Balaban J connectivity index is 1.48. The van der Waals surface area contributed by atoms with Crippen LogP contribution in [0.3, 0.4) is 0 Å². The SMILES string of the molecule is C[C@@H](C(=O)N1CCC[C@H](c2[nH]c3ccccc3c2-c2ccncc2)C1)c1ccccc1. The molecule has 1 fully saturated rings. The van der Waals surface area contributed by atoms with Gasteiger partial charge in [0.05, 0.1) is 5.92 Å². The van der Waals surface area contributed by atoms with Crippen molar-refractivity contribution in [1.29, 1.82) is 0 Å². The molecule has 2 atom stereocenters. The van der Waals surface area contributed by atoms with Gasteiger partial charge in [0, 0.05) is 53.6 Å². The molecule has 2 aromatic heterocycles. The Hall–Kier alpha value is -3.40. The number of nitrogens with zero attached hydrogens (tertiary/aromatic N) is 2. The van der Waals surface area contributed by atoms with Crippen LogP contribution in [0.5, 0.6) is 0 Å². The summed E-state index contributed by atoms with van der Waals surface area (Å²) in [6.45, 7) is 3.60. The predicted octanol–water partition coefficient (Wildman–Crippen LogP) is 5.74. The van der Waals surface area contributed by atoms with Crippen molar-refractivity contribution < 1.29 is 4.79 Å². The van der Waals surface area contributed by atoms with E-state index >= 15 is 0 Å². The average molecular weight is 410 g/mol. The van der Waals surface area contributed by atoms with Crippen LogP contribution < -0.4 is 0 Å². The predicted molar refractivity (Wildman–Crippen MR) is 125 cm³/mol. The van der Waals surface area contributed by atoms with Crippen molar-refractivity contribution in [2.24, 2.45) is 0 Å². The number of aromatic nitrogens is 2. The van der Waals surface area contributed by atoms with Crippen molar-refractivity contribution in [3.8, 4) is 11.1 Å². The molecule has 1 aliphatic heterocycles. The standard InChI is InChI=1S/C27H27N3O/c1-19(20-8-3-2-4-9-20)27(31)30-17-7-10-22(18-30)26-25(21-13-15-28-16-14-21)23-11-5-6-12-24(23)29-26/h2-6,8-9,11-16,19,22,29H,7,10,17-18H2,1H3/t19-,22+/m1/s1. The van der Waals surface area contributed by atoms with Gasteiger partial charge < -0.3 is 9.88 Å². The number of amides is 1. The maximum Gasteiger partial charge on any atom is 0.229 e. The molecule has 4 aromatic rings. The van der Waals surface area contributed by atoms with Crippen molar-refractivity contribution in [2.45, 2.75) is 31.6 Å². The molecule has 0 unspecified atom stereocenters. The third kappa shape index (κ3) is 3.74. The number of benzene rings is 2. The second kappa shape index (κ2) is 8.38. The smallest absolute Gasteiger partial charge is 0.229 e. The lowest BCUT2D eigenvalue weighted by Crippen LogP contribution is -2.41. The molecular weight excluding hydrogens is 382 g/mol. The Morgan fingerprint density at radius 3 is 2.58 bits per heavy atom. The fraction of sp³-hybridized carbons (Fsp3) is 0.259. The van der Waals surface area contributed by atoms with Crippen molar-refractivity contribution in [3.63, 3.8) is 0 Å². The molecule has 0 bridgehead atoms. The molecule has 156 valence electrons. The highest BCUT2D eigenvalue weighted by Crippen LogP contribution is 2.39. The summed E-state index contributed by atoms with van der Waals surface area (Å²) in [6, 6.07) is 22.7. The van der Waals surface area contributed by atoms with Crippen LogP contribution in [0, 0.1) is 0 Å². The summed E-state index contributed by atoms with van der Waals surface area (Å²) >= 11 is 0. The number of H-pyrrole nitrogens is 1. The van der Waals surface area contributed by atoms with Crippen molar-refractivity contribution in [3.05, 3.63) is 90.4 Å². The van der Waals surface area contributed by atoms with E-state index in [0.717, 1.165) is 37.0 Å². The van der Waals surface area contributed by atoms with Gasteiger partial charge in [-0.25, -0.2) is 0 Å². The van der Waals surface area contributed by atoms with Crippen LogP contribution in [0.15, 0.2) is 79.1 Å². The van der Waals surface area contributed by atoms with Gasteiger partial charge in [0.2, 0.25) is 5.91 Å². The molecule has 0 spiro atoms. The number of hydrogen-bond donors (Lipinski definition) is 1. The summed E-state index contributed by atoms with van der Waals surface area (Å²) in [5, 5.41) is 1.23. The van der Waals surface area contributed by atoms with Gasteiger partial charge in [-0.15, -0.1) is 0 Å². The van der Waals surface area contributed by atoms with E-state index in [0.29, 0.717) is 0 Å². The quantitative estimate of drug-likeness (QED) is 0.467. The molecule has 1 aliphatic rings. The summed E-state index contributed by atoms with van der Waals surface area (Å²) in [4.78, 5) is 23.3. The molecule has 3 heterocycles. The summed E-state index contributed by atoms with van der Waals surface area (Å²) in [6.07, 6.45) is 5.79. The first-order chi connectivity index (χ1) is 15.2. The topological polar surface area (TPSA) is 49.0 Å². The summed E-state index contributed by atoms with van der Waals surface area (Å²) in [5.41, 5.74) is 5.87. The summed E-state index contributed by atoms with van der Waals surface area (Å²) < 4.78 is 0. The monoisotopic (exact) mass is 409 g/mol. The van der Waals surface area contributed by atoms with Crippen molar-refractivity contribution in [2.75, 3.05) is 13.1 Å². The minimum absolute atomic E-state index is 0.123. The zero-order valence-electron chi connectivity index (χ0n) is 17.8. The molecule has 2 aromatic carbocycles. The van der Waals surface area contributed by atoms with E-state index in [-0.39, 0.29) is 17.7 Å². The second-order valence-electron chi connectivity index (χ2n) is 8.45. The van der Waals surface area contributed by atoms with E-state index in [1.807, 2.05) is 49.6 Å². The number of para-hydroxylation sites is 1. The normalized spacial score (nSPS) is 17.6. The molecule has 31 heavy (non-hydrogen) atoms. The lowest BCUT2D eigenvalue weighted by Gasteiger charge is -2.34. The summed E-state index contributed by atoms with van der Waals surface area (Å²) in [5.74, 6) is 0.385. The minimum atomic E-state index is -0.123. The van der Waals surface area contributed by atoms with Crippen LogP contribution in [0.1, 0.15) is 42.9 Å². The van der Waals surface area contributed by atoms with Crippen LogP contribution in [-0.2, 0) is 4.79 Å². The van der Waals surface area contributed by atoms with Gasteiger partial charge in [-0.05, 0) is 49.1 Å². The lowest BCUT2D eigenvalue weighted by molar-refractivity contribution is -0.133. The van der Waals surface area contributed by atoms with E-state index in [2.05, 4.69) is 51.3 Å². The van der Waals surface area contributed by atoms with E-state index < -0.39 is 0 Å². The Morgan fingerprint density at radius 1 is 1.03 bits per heavy atom. The van der Waals surface area contributed by atoms with Gasteiger partial charge in [0.1, 0.15) is 0 Å². The molecule has 0 saturated carbocycles. The molecule has 0 aliphatic carbocycles. The number of likely N-dealkylation sites (tertiary alicyclic amines) is 1. The molecule has 0 radical (unpaired) electrons. The number of fused-ring (bicyclic) bond motifs is 1. The van der Waals surface area contributed by atoms with Gasteiger partial charge in [0.25, 0.3) is 0 Å². The Morgan fingerprint density at radius 2 is 1.77 bits per heavy atom. The van der Waals surface area contributed by atoms with E-state index in [1.165, 1.54) is 22.2 Å². The van der Waals surface area contributed by atoms with Gasteiger partial charge in [-0.2, -0.15) is 0 Å². The largest absolute Gasteiger partial charge is 0.358 e. The van der Waals surface area contributed by atoms with Crippen molar-refractivity contribution >= 4 is 16.8 Å². The maximum atomic E-state index is 13.3. The first kappa shape index (κ1) is 19.6. The lowest BCUT2D eigenvalue weighted by atomic mass is 9.89. The fourth-order valence-corrected chi connectivity index (χ4v) is 4.87. The maximum absolute atomic E-state index is 13.3. The number of piperidine rings is 1. The average Bonchev–Trinajstić information content (AvgIpc) is 3.24. The number of carbonyl (C=O) groups excluding carboxylic acids is 1. The van der Waals surface area contributed by atoms with E-state index in [9.17, 15) is 4.79 Å². The molecule has 5 rings (SSSR count). The van der Waals surface area contributed by atoms with Gasteiger partial charge in [-0.3, -0.25) is 9.78 Å². The Kier molecular flexibility index (Phi) is 5.29. The first-order valence-electron chi connectivity index (χ1n) is 11.1. The molecular formula is C27H27N3O. The number of carbonyl (C=O) groups is 1. The van der Waals surface area contributed by atoms with Crippen LogP contribution >= 0.6 is 0 Å². The van der Waals surface area contributed by atoms with Crippen LogP contribution in [0.4, 0.5) is 0 Å². The fourth-order valence-electron chi connectivity index (χ4n) is 4.87. The number of hydrogen-bond acceptors (Lipinski definition) is 2. The third-order valence-electron chi connectivity index (χ3n) is 6.52. The zero-order chi connectivity index (χ0) is 21.2. The van der Waals surface area contributed by atoms with Crippen molar-refractivity contribution in [1.82, 2.24) is 14.9 Å². The molecule has 1 saturated heterocycles. The number of rotatable bonds is 4. The number of aromatic amines is 1. The highest BCUT2D eigenvalue weighted by atomic mass is 16.2. The summed E-state index contributed by atoms with van der Waals surface area (Å²) in [7, 11) is 0. The molecule has 4 heteroatoms. The molecule has 1 amide bonds. The third-order valence-corrected chi connectivity index (χ3v) is 6.52. The van der Waals surface area contributed by atoms with Crippen LogP contribution in [-0.4, -0.2) is 33.9 Å². The second-order valence-corrected chi connectivity index (χ2v) is 8.45. The number of pyridine rings is 1. The van der Waals surface area contributed by atoms with E-state index in [1.54, 1.807) is 0 Å². The van der Waals surface area contributed by atoms with E-state index in [4.69, 9.17) is 0 Å². The molecule has 4 nitrogen and oxygen atoms in total. The van der Waals surface area contributed by atoms with Gasteiger partial charge in [0.15, 0.2) is 0 Å². The van der Waals surface area contributed by atoms with Gasteiger partial charge >= 0.3 is 0 Å². The Bertz CT molecular complexity index is 1180. The highest BCUT2D eigenvalue weighted by Gasteiger charge is 2.30. The van der Waals surface area contributed by atoms with Crippen LogP contribution in [0.25, 0.3) is 22.0 Å². The minimum Gasteiger partial charge on any atom is -0.358 e. The molecule has 1 N–H and O–H groups in total. The Labute approximate surface area is 182 Å². The van der Waals surface area contributed by atoms with Crippen LogP contribution in [0.2, 0.25) is 0 Å².